The minimum absolute atomic E-state index is 0.499. The molecule has 0 radical (unpaired) electrons. The van der Waals surface area contributed by atoms with Crippen molar-refractivity contribution in [1.82, 2.24) is 15.2 Å². The molecule has 0 aromatic carbocycles. The first-order valence-corrected chi connectivity index (χ1v) is 6.37. The van der Waals surface area contributed by atoms with Gasteiger partial charge >= 0.3 is 0 Å². The van der Waals surface area contributed by atoms with E-state index in [2.05, 4.69) is 68.1 Å². The van der Waals surface area contributed by atoms with Crippen LogP contribution in [-0.4, -0.2) is 29.0 Å². The fraction of sp³-hybridized carbons (Fsp3) is 0.643. The zero-order valence-corrected chi connectivity index (χ0v) is 11.7. The summed E-state index contributed by atoms with van der Waals surface area (Å²) in [7, 11) is 2.13. The van der Waals surface area contributed by atoms with Crippen LogP contribution in [-0.2, 0) is 13.1 Å². The van der Waals surface area contributed by atoms with Crippen molar-refractivity contribution in [2.45, 2.75) is 52.9 Å². The van der Waals surface area contributed by atoms with Gasteiger partial charge in [0.1, 0.15) is 0 Å². The van der Waals surface area contributed by atoms with Crippen LogP contribution in [0, 0.1) is 0 Å². The quantitative estimate of drug-likeness (QED) is 0.821. The first-order valence-electron chi connectivity index (χ1n) is 6.37. The smallest absolute Gasteiger partial charge is 0.0547 e. The maximum atomic E-state index is 4.66. The fourth-order valence-corrected chi connectivity index (χ4v) is 1.46. The van der Waals surface area contributed by atoms with E-state index in [0.29, 0.717) is 12.1 Å². The summed E-state index contributed by atoms with van der Waals surface area (Å²) < 4.78 is 0. The molecule has 0 fully saturated rings. The van der Waals surface area contributed by atoms with Crippen LogP contribution in [0.1, 0.15) is 39.1 Å². The van der Waals surface area contributed by atoms with Gasteiger partial charge in [-0.1, -0.05) is 19.9 Å². The second-order valence-corrected chi connectivity index (χ2v) is 5.16. The van der Waals surface area contributed by atoms with Crippen molar-refractivity contribution in [2.24, 2.45) is 0 Å². The molecular weight excluding hydrogens is 210 g/mol. The van der Waals surface area contributed by atoms with E-state index in [9.17, 15) is 0 Å². The van der Waals surface area contributed by atoms with Crippen LogP contribution < -0.4 is 5.32 Å². The van der Waals surface area contributed by atoms with Crippen molar-refractivity contribution in [2.75, 3.05) is 7.05 Å². The molecule has 0 bridgehead atoms. The van der Waals surface area contributed by atoms with Gasteiger partial charge in [0.15, 0.2) is 0 Å². The first kappa shape index (κ1) is 14.1. The number of nitrogens with one attached hydrogen (secondary N) is 1. The van der Waals surface area contributed by atoms with Gasteiger partial charge in [0.05, 0.1) is 11.4 Å². The number of rotatable bonds is 6. The fourth-order valence-electron chi connectivity index (χ4n) is 1.46. The van der Waals surface area contributed by atoms with Crippen LogP contribution in [0.15, 0.2) is 18.2 Å². The van der Waals surface area contributed by atoms with Crippen molar-refractivity contribution >= 4 is 0 Å². The average Bonchev–Trinajstić information content (AvgIpc) is 2.26. The van der Waals surface area contributed by atoms with Gasteiger partial charge in [-0.25, -0.2) is 0 Å². The highest BCUT2D eigenvalue weighted by molar-refractivity contribution is 5.11. The number of pyridine rings is 1. The molecule has 0 aliphatic heterocycles. The lowest BCUT2D eigenvalue weighted by Gasteiger charge is -2.20. The Labute approximate surface area is 105 Å². The summed E-state index contributed by atoms with van der Waals surface area (Å²) in [5.41, 5.74) is 2.26. The van der Waals surface area contributed by atoms with Gasteiger partial charge in [0.2, 0.25) is 0 Å². The zero-order chi connectivity index (χ0) is 12.8. The molecule has 1 rings (SSSR count). The number of hydrogen-bond donors (Lipinski definition) is 1. The third kappa shape index (κ3) is 5.29. The van der Waals surface area contributed by atoms with Crippen molar-refractivity contribution in [1.29, 1.82) is 0 Å². The molecule has 3 nitrogen and oxygen atoms in total. The van der Waals surface area contributed by atoms with Crippen molar-refractivity contribution in [3.8, 4) is 0 Å². The molecule has 17 heavy (non-hydrogen) atoms. The van der Waals surface area contributed by atoms with Crippen LogP contribution in [0.4, 0.5) is 0 Å². The number of hydrogen-bond acceptors (Lipinski definition) is 3. The van der Waals surface area contributed by atoms with Crippen molar-refractivity contribution < 1.29 is 0 Å². The Morgan fingerprint density at radius 3 is 2.41 bits per heavy atom. The van der Waals surface area contributed by atoms with E-state index < -0.39 is 0 Å². The van der Waals surface area contributed by atoms with E-state index in [4.69, 9.17) is 0 Å². The summed E-state index contributed by atoms with van der Waals surface area (Å²) >= 11 is 0. The minimum Gasteiger partial charge on any atom is -0.309 e. The Balaban J connectivity index is 2.59. The van der Waals surface area contributed by atoms with E-state index >= 15 is 0 Å². The second-order valence-electron chi connectivity index (χ2n) is 5.16. The summed E-state index contributed by atoms with van der Waals surface area (Å²) in [5.74, 6) is 0. The van der Waals surface area contributed by atoms with Gasteiger partial charge in [0, 0.05) is 25.2 Å². The number of nitrogens with zero attached hydrogens (tertiary/aromatic N) is 2. The molecule has 0 spiro atoms. The van der Waals surface area contributed by atoms with Crippen molar-refractivity contribution in [3.63, 3.8) is 0 Å². The normalized spacial score (nSPS) is 11.8. The van der Waals surface area contributed by atoms with Crippen LogP contribution >= 0.6 is 0 Å². The van der Waals surface area contributed by atoms with Gasteiger partial charge in [-0.15, -0.1) is 0 Å². The predicted molar refractivity (Wildman–Crippen MR) is 72.8 cm³/mol. The first-order chi connectivity index (χ1) is 7.99. The van der Waals surface area contributed by atoms with Gasteiger partial charge in [-0.2, -0.15) is 0 Å². The maximum Gasteiger partial charge on any atom is 0.0547 e. The molecule has 1 heterocycles. The molecule has 96 valence electrons. The summed E-state index contributed by atoms with van der Waals surface area (Å²) in [6.07, 6.45) is 0. The van der Waals surface area contributed by atoms with Gasteiger partial charge in [0.25, 0.3) is 0 Å². The lowest BCUT2D eigenvalue weighted by molar-refractivity contribution is 0.262. The predicted octanol–water partition coefficient (Wildman–Crippen LogP) is 2.42. The van der Waals surface area contributed by atoms with E-state index in [1.165, 1.54) is 0 Å². The molecule has 3 heteroatoms. The largest absolute Gasteiger partial charge is 0.309 e. The summed E-state index contributed by atoms with van der Waals surface area (Å²) in [6, 6.07) is 7.31. The lowest BCUT2D eigenvalue weighted by atomic mass is 10.2. The minimum atomic E-state index is 0.499. The molecule has 0 amide bonds. The molecule has 1 N–H and O–H groups in total. The van der Waals surface area contributed by atoms with Crippen molar-refractivity contribution in [3.05, 3.63) is 29.6 Å². The molecule has 1 aromatic rings. The molecule has 0 aliphatic carbocycles. The van der Waals surface area contributed by atoms with Gasteiger partial charge < -0.3 is 5.32 Å². The van der Waals surface area contributed by atoms with Crippen LogP contribution in [0.3, 0.4) is 0 Å². The van der Waals surface area contributed by atoms with E-state index in [1.807, 2.05) is 0 Å². The Hall–Kier alpha value is -0.930. The molecule has 0 saturated carbocycles. The summed E-state index contributed by atoms with van der Waals surface area (Å²) in [5, 5.41) is 3.39. The van der Waals surface area contributed by atoms with E-state index in [1.54, 1.807) is 0 Å². The molecular formula is C14H25N3. The topological polar surface area (TPSA) is 28.2 Å². The lowest BCUT2D eigenvalue weighted by Crippen LogP contribution is -2.26. The highest BCUT2D eigenvalue weighted by Gasteiger charge is 2.05. The van der Waals surface area contributed by atoms with Gasteiger partial charge in [-0.3, -0.25) is 9.88 Å². The zero-order valence-electron chi connectivity index (χ0n) is 11.7. The highest BCUT2D eigenvalue weighted by atomic mass is 15.1. The summed E-state index contributed by atoms with van der Waals surface area (Å²) in [6.45, 7) is 10.4. The Morgan fingerprint density at radius 2 is 1.82 bits per heavy atom. The third-order valence-corrected chi connectivity index (χ3v) is 2.85. The third-order valence-electron chi connectivity index (χ3n) is 2.85. The Morgan fingerprint density at radius 1 is 1.18 bits per heavy atom. The number of aromatic nitrogens is 1. The Bertz CT molecular complexity index is 334. The van der Waals surface area contributed by atoms with Gasteiger partial charge in [-0.05, 0) is 33.0 Å². The summed E-state index contributed by atoms with van der Waals surface area (Å²) in [4.78, 5) is 6.96. The monoisotopic (exact) mass is 235 g/mol. The molecule has 0 unspecified atom stereocenters. The SMILES string of the molecule is CC(C)NCc1cccc(CN(C)C(C)C)n1. The molecule has 0 atom stereocenters. The average molecular weight is 235 g/mol. The second kappa shape index (κ2) is 6.72. The maximum absolute atomic E-state index is 4.66. The van der Waals surface area contributed by atoms with Crippen LogP contribution in [0.2, 0.25) is 0 Å². The molecule has 0 saturated heterocycles. The standard InChI is InChI=1S/C14H25N3/c1-11(2)15-9-13-7-6-8-14(16-13)10-17(5)12(3)4/h6-8,11-12,15H,9-10H2,1-5H3. The van der Waals surface area contributed by atoms with E-state index in [-0.39, 0.29) is 0 Å². The Kier molecular flexibility index (Phi) is 5.59. The molecule has 1 aromatic heterocycles. The van der Waals surface area contributed by atoms with E-state index in [0.717, 1.165) is 24.5 Å². The molecule has 0 aliphatic rings. The van der Waals surface area contributed by atoms with Crippen LogP contribution in [0.25, 0.3) is 0 Å². The highest BCUT2D eigenvalue weighted by Crippen LogP contribution is 2.05. The van der Waals surface area contributed by atoms with Crippen LogP contribution in [0.5, 0.6) is 0 Å².